The second kappa shape index (κ2) is 8.91. The first-order chi connectivity index (χ1) is 13.4. The van der Waals surface area contributed by atoms with E-state index in [4.69, 9.17) is 4.74 Å². The molecule has 0 aliphatic heterocycles. The Balaban J connectivity index is 1.73. The molecule has 1 unspecified atom stereocenters. The summed E-state index contributed by atoms with van der Waals surface area (Å²) in [4.78, 5) is 24.3. The van der Waals surface area contributed by atoms with Crippen LogP contribution >= 0.6 is 0 Å². The standard InChI is InChI=1S/C23H27NO4/c1-15(2)28-18-12-11-17-9-6-10-21(19(17)13-18)24-22(25)14-20(23(26)27)16-7-4-3-5-8-16/h3-5,7-8,11-13,15,20-21H,6,9-10,14H2,1-2H3,(H,24,25)(H,26,27)/t20?,21-/m0/s1. The fourth-order valence-corrected chi connectivity index (χ4v) is 3.74. The third kappa shape index (κ3) is 4.91. The topological polar surface area (TPSA) is 75.6 Å². The van der Waals surface area contributed by atoms with Crippen LogP contribution in [0.3, 0.4) is 0 Å². The SMILES string of the molecule is CC(C)Oc1ccc2c(c1)[C@@H](NC(=O)CC(C(=O)O)c1ccccc1)CCC2. The van der Waals surface area contributed by atoms with Crippen LogP contribution < -0.4 is 10.1 Å². The molecule has 148 valence electrons. The molecule has 2 aromatic rings. The number of amides is 1. The highest BCUT2D eigenvalue weighted by Crippen LogP contribution is 2.33. The lowest BCUT2D eigenvalue weighted by molar-refractivity contribution is -0.141. The van der Waals surface area contributed by atoms with Crippen LogP contribution in [0.25, 0.3) is 0 Å². The van der Waals surface area contributed by atoms with E-state index in [0.717, 1.165) is 30.6 Å². The number of nitrogens with one attached hydrogen (secondary N) is 1. The van der Waals surface area contributed by atoms with Crippen molar-refractivity contribution in [1.29, 1.82) is 0 Å². The third-order valence-corrected chi connectivity index (χ3v) is 5.03. The van der Waals surface area contributed by atoms with Crippen LogP contribution in [0.1, 0.15) is 61.8 Å². The van der Waals surface area contributed by atoms with Gasteiger partial charge in [0.05, 0.1) is 18.1 Å². The minimum Gasteiger partial charge on any atom is -0.491 e. The summed E-state index contributed by atoms with van der Waals surface area (Å²) in [6.07, 6.45) is 2.81. The smallest absolute Gasteiger partial charge is 0.311 e. The minimum absolute atomic E-state index is 0.0760. The van der Waals surface area contributed by atoms with Gasteiger partial charge in [0.15, 0.2) is 0 Å². The summed E-state index contributed by atoms with van der Waals surface area (Å²) in [7, 11) is 0. The van der Waals surface area contributed by atoms with Crippen molar-refractivity contribution in [3.8, 4) is 5.75 Å². The maximum absolute atomic E-state index is 12.7. The summed E-state index contributed by atoms with van der Waals surface area (Å²) in [6.45, 7) is 3.96. The second-order valence-corrected chi connectivity index (χ2v) is 7.55. The van der Waals surface area contributed by atoms with E-state index < -0.39 is 11.9 Å². The summed E-state index contributed by atoms with van der Waals surface area (Å²) in [5.41, 5.74) is 2.93. The number of aryl methyl sites for hydroxylation is 1. The normalized spacial score (nSPS) is 16.9. The number of fused-ring (bicyclic) bond motifs is 1. The first kappa shape index (κ1) is 19.9. The van der Waals surface area contributed by atoms with Gasteiger partial charge >= 0.3 is 5.97 Å². The molecule has 3 rings (SSSR count). The molecule has 1 aliphatic carbocycles. The summed E-state index contributed by atoms with van der Waals surface area (Å²) >= 11 is 0. The number of carbonyl (C=O) groups is 2. The number of carboxylic acid groups (broad SMARTS) is 1. The number of benzene rings is 2. The molecule has 1 aliphatic rings. The van der Waals surface area contributed by atoms with Crippen molar-refractivity contribution in [3.63, 3.8) is 0 Å². The molecule has 0 saturated carbocycles. The summed E-state index contributed by atoms with van der Waals surface area (Å²) < 4.78 is 5.80. The van der Waals surface area contributed by atoms with Crippen molar-refractivity contribution in [1.82, 2.24) is 5.32 Å². The van der Waals surface area contributed by atoms with Crippen LogP contribution in [0.2, 0.25) is 0 Å². The molecule has 2 aromatic carbocycles. The van der Waals surface area contributed by atoms with E-state index in [1.165, 1.54) is 5.56 Å². The first-order valence-corrected chi connectivity index (χ1v) is 9.80. The molecular formula is C23H27NO4. The number of carbonyl (C=O) groups excluding carboxylic acids is 1. The maximum Gasteiger partial charge on any atom is 0.311 e. The molecule has 2 N–H and O–H groups in total. The van der Waals surface area contributed by atoms with Crippen LogP contribution in [-0.2, 0) is 16.0 Å². The predicted octanol–water partition coefficient (Wildman–Crippen LogP) is 4.23. The Labute approximate surface area is 165 Å². The van der Waals surface area contributed by atoms with Gasteiger partial charge in [-0.05, 0) is 61.9 Å². The van der Waals surface area contributed by atoms with Crippen molar-refractivity contribution in [2.75, 3.05) is 0 Å². The van der Waals surface area contributed by atoms with Gasteiger partial charge in [0.25, 0.3) is 0 Å². The van der Waals surface area contributed by atoms with Crippen LogP contribution in [0, 0.1) is 0 Å². The average molecular weight is 381 g/mol. The molecular weight excluding hydrogens is 354 g/mol. The number of rotatable bonds is 7. The van der Waals surface area contributed by atoms with Crippen molar-refractivity contribution in [2.45, 2.75) is 57.6 Å². The Hall–Kier alpha value is -2.82. The van der Waals surface area contributed by atoms with Gasteiger partial charge in [-0.15, -0.1) is 0 Å². The monoisotopic (exact) mass is 381 g/mol. The zero-order valence-electron chi connectivity index (χ0n) is 16.4. The van der Waals surface area contributed by atoms with Crippen molar-refractivity contribution in [2.24, 2.45) is 0 Å². The Morgan fingerprint density at radius 2 is 1.93 bits per heavy atom. The number of hydrogen-bond donors (Lipinski definition) is 2. The van der Waals surface area contributed by atoms with E-state index in [9.17, 15) is 14.7 Å². The largest absolute Gasteiger partial charge is 0.491 e. The summed E-state index contributed by atoms with van der Waals surface area (Å²) in [5, 5.41) is 12.6. The number of hydrogen-bond acceptors (Lipinski definition) is 3. The molecule has 0 heterocycles. The van der Waals surface area contributed by atoms with Crippen molar-refractivity contribution < 1.29 is 19.4 Å². The Morgan fingerprint density at radius 1 is 1.18 bits per heavy atom. The van der Waals surface area contributed by atoms with Gasteiger partial charge in [0, 0.05) is 6.42 Å². The molecule has 28 heavy (non-hydrogen) atoms. The fourth-order valence-electron chi connectivity index (χ4n) is 3.74. The van der Waals surface area contributed by atoms with E-state index in [2.05, 4.69) is 11.4 Å². The van der Waals surface area contributed by atoms with Gasteiger partial charge in [0.1, 0.15) is 5.75 Å². The van der Waals surface area contributed by atoms with Gasteiger partial charge in [-0.1, -0.05) is 36.4 Å². The highest BCUT2D eigenvalue weighted by Gasteiger charge is 2.27. The Bertz CT molecular complexity index is 832. The van der Waals surface area contributed by atoms with Gasteiger partial charge in [-0.25, -0.2) is 0 Å². The van der Waals surface area contributed by atoms with Crippen molar-refractivity contribution in [3.05, 3.63) is 65.2 Å². The lowest BCUT2D eigenvalue weighted by Crippen LogP contribution is -2.33. The van der Waals surface area contributed by atoms with E-state index >= 15 is 0 Å². The van der Waals surface area contributed by atoms with Gasteiger partial charge in [-0.3, -0.25) is 9.59 Å². The molecule has 0 fully saturated rings. The quantitative estimate of drug-likeness (QED) is 0.753. The minimum atomic E-state index is -0.988. The maximum atomic E-state index is 12.7. The predicted molar refractivity (Wildman–Crippen MR) is 107 cm³/mol. The molecule has 1 amide bonds. The lowest BCUT2D eigenvalue weighted by atomic mass is 9.87. The Kier molecular flexibility index (Phi) is 6.34. The Morgan fingerprint density at radius 3 is 2.61 bits per heavy atom. The second-order valence-electron chi connectivity index (χ2n) is 7.55. The molecule has 5 heteroatoms. The fraction of sp³-hybridized carbons (Fsp3) is 0.391. The third-order valence-electron chi connectivity index (χ3n) is 5.03. The van der Waals surface area contributed by atoms with Crippen LogP contribution in [0.5, 0.6) is 5.75 Å². The van der Waals surface area contributed by atoms with E-state index in [-0.39, 0.29) is 24.5 Å². The molecule has 5 nitrogen and oxygen atoms in total. The lowest BCUT2D eigenvalue weighted by Gasteiger charge is -2.27. The molecule has 0 radical (unpaired) electrons. The number of aliphatic carboxylic acids is 1. The van der Waals surface area contributed by atoms with E-state index in [1.54, 1.807) is 24.3 Å². The molecule has 2 atom stereocenters. The summed E-state index contributed by atoms with van der Waals surface area (Å²) in [6, 6.07) is 14.8. The highest BCUT2D eigenvalue weighted by atomic mass is 16.5. The molecule has 0 bridgehead atoms. The summed E-state index contributed by atoms with van der Waals surface area (Å²) in [5.74, 6) is -1.29. The zero-order chi connectivity index (χ0) is 20.1. The van der Waals surface area contributed by atoms with E-state index in [0.29, 0.717) is 5.56 Å². The van der Waals surface area contributed by atoms with Crippen LogP contribution in [-0.4, -0.2) is 23.1 Å². The van der Waals surface area contributed by atoms with Gasteiger partial charge < -0.3 is 15.2 Å². The van der Waals surface area contributed by atoms with Gasteiger partial charge in [-0.2, -0.15) is 0 Å². The van der Waals surface area contributed by atoms with Crippen LogP contribution in [0.15, 0.2) is 48.5 Å². The molecule has 0 saturated heterocycles. The van der Waals surface area contributed by atoms with Gasteiger partial charge in [0.2, 0.25) is 5.91 Å². The zero-order valence-corrected chi connectivity index (χ0v) is 16.4. The number of ether oxygens (including phenoxy) is 1. The average Bonchev–Trinajstić information content (AvgIpc) is 2.66. The van der Waals surface area contributed by atoms with Crippen molar-refractivity contribution >= 4 is 11.9 Å². The van der Waals surface area contributed by atoms with E-state index in [1.807, 2.05) is 32.0 Å². The first-order valence-electron chi connectivity index (χ1n) is 9.80. The van der Waals surface area contributed by atoms with Crippen LogP contribution in [0.4, 0.5) is 0 Å². The highest BCUT2D eigenvalue weighted by molar-refractivity contribution is 5.86. The molecule has 0 spiro atoms. The number of carboxylic acids is 1. The molecule has 0 aromatic heterocycles.